The van der Waals surface area contributed by atoms with Crippen molar-refractivity contribution in [3.8, 4) is 0 Å². The number of carbonyl (C=O) groups is 2. The maximum Gasteiger partial charge on any atom is 0.333 e. The minimum atomic E-state index is -2.25. The molecule has 0 saturated carbocycles. The number of carboxylic acids is 2. The Kier molecular flexibility index (Phi) is 4.66. The topological polar surface area (TPSA) is 139 Å². The molecular formula is C14H25NO7. The van der Waals surface area contributed by atoms with Crippen molar-refractivity contribution in [1.29, 1.82) is 0 Å². The highest BCUT2D eigenvalue weighted by atomic mass is 16.4. The zero-order chi connectivity index (χ0) is 17.7. The normalized spacial score (nSPS) is 33.9. The number of aliphatic carboxylic acids is 2. The first-order chi connectivity index (χ1) is 9.74. The molecule has 0 amide bonds. The van der Waals surface area contributed by atoms with Crippen LogP contribution in [0.3, 0.4) is 0 Å². The van der Waals surface area contributed by atoms with Gasteiger partial charge in [0.25, 0.3) is 0 Å². The summed E-state index contributed by atoms with van der Waals surface area (Å²) in [5.74, 6) is -3.39. The van der Waals surface area contributed by atoms with Crippen LogP contribution in [0.4, 0.5) is 0 Å². The largest absolute Gasteiger partial charge is 0.479 e. The minimum Gasteiger partial charge on any atom is -0.479 e. The molecule has 8 heteroatoms. The SMILES string of the molecule is CN1C(C)(C)CC(O)C(C(O)C(=O)O)(C(O)C(=O)O)C1(C)C. The Morgan fingerprint density at radius 2 is 1.41 bits per heavy atom. The first kappa shape index (κ1) is 18.8. The highest BCUT2D eigenvalue weighted by Gasteiger charge is 2.69. The molecule has 8 nitrogen and oxygen atoms in total. The average Bonchev–Trinajstić information content (AvgIpc) is 2.35. The smallest absolute Gasteiger partial charge is 0.333 e. The van der Waals surface area contributed by atoms with E-state index in [4.69, 9.17) is 0 Å². The summed E-state index contributed by atoms with van der Waals surface area (Å²) in [5.41, 5.74) is -4.08. The van der Waals surface area contributed by atoms with Crippen LogP contribution in [-0.2, 0) is 9.59 Å². The van der Waals surface area contributed by atoms with Gasteiger partial charge in [0, 0.05) is 11.1 Å². The monoisotopic (exact) mass is 319 g/mol. The van der Waals surface area contributed by atoms with Crippen LogP contribution in [0.2, 0.25) is 0 Å². The summed E-state index contributed by atoms with van der Waals surface area (Å²) < 4.78 is 0. The minimum absolute atomic E-state index is 0.00160. The third kappa shape index (κ3) is 2.30. The van der Waals surface area contributed by atoms with Crippen molar-refractivity contribution in [3.63, 3.8) is 0 Å². The molecular weight excluding hydrogens is 294 g/mol. The van der Waals surface area contributed by atoms with Crippen LogP contribution < -0.4 is 0 Å². The van der Waals surface area contributed by atoms with Gasteiger partial charge in [0.15, 0.2) is 12.2 Å². The van der Waals surface area contributed by atoms with Crippen LogP contribution in [0.15, 0.2) is 0 Å². The molecule has 0 spiro atoms. The number of likely N-dealkylation sites (tertiary alicyclic amines) is 1. The maximum absolute atomic E-state index is 11.3. The molecule has 1 rings (SSSR count). The lowest BCUT2D eigenvalue weighted by Gasteiger charge is -2.64. The average molecular weight is 319 g/mol. The number of hydrogen-bond donors (Lipinski definition) is 5. The lowest BCUT2D eigenvalue weighted by molar-refractivity contribution is -0.253. The molecule has 1 saturated heterocycles. The molecule has 1 heterocycles. The molecule has 1 aliphatic rings. The van der Waals surface area contributed by atoms with Crippen molar-refractivity contribution in [2.45, 2.75) is 63.5 Å². The molecule has 5 N–H and O–H groups in total. The van der Waals surface area contributed by atoms with Gasteiger partial charge in [-0.05, 0) is 41.2 Å². The molecule has 1 aliphatic heterocycles. The van der Waals surface area contributed by atoms with Gasteiger partial charge >= 0.3 is 11.9 Å². The number of nitrogens with zero attached hydrogens (tertiary/aromatic N) is 1. The Morgan fingerprint density at radius 3 is 1.73 bits per heavy atom. The van der Waals surface area contributed by atoms with E-state index in [1.165, 1.54) is 13.8 Å². The third-order valence-corrected chi connectivity index (χ3v) is 5.42. The maximum atomic E-state index is 11.3. The van der Waals surface area contributed by atoms with E-state index in [2.05, 4.69) is 0 Å². The second kappa shape index (κ2) is 5.45. The van der Waals surface area contributed by atoms with E-state index in [0.29, 0.717) is 0 Å². The molecule has 1 fully saturated rings. The summed E-state index contributed by atoms with van der Waals surface area (Å²) >= 11 is 0. The van der Waals surface area contributed by atoms with E-state index in [1.54, 1.807) is 11.9 Å². The molecule has 22 heavy (non-hydrogen) atoms. The molecule has 0 aliphatic carbocycles. The summed E-state index contributed by atoms with van der Waals surface area (Å²) in [6.45, 7) is 6.63. The molecule has 0 aromatic carbocycles. The van der Waals surface area contributed by atoms with Gasteiger partial charge in [-0.15, -0.1) is 0 Å². The van der Waals surface area contributed by atoms with Crippen molar-refractivity contribution in [3.05, 3.63) is 0 Å². The van der Waals surface area contributed by atoms with Crippen LogP contribution in [0.1, 0.15) is 34.1 Å². The highest BCUT2D eigenvalue weighted by Crippen LogP contribution is 2.53. The van der Waals surface area contributed by atoms with Gasteiger partial charge in [0.2, 0.25) is 0 Å². The van der Waals surface area contributed by atoms with Gasteiger partial charge < -0.3 is 25.5 Å². The summed E-state index contributed by atoms with van der Waals surface area (Å²) in [4.78, 5) is 24.4. The van der Waals surface area contributed by atoms with Gasteiger partial charge in [0.1, 0.15) is 0 Å². The van der Waals surface area contributed by atoms with Crippen LogP contribution in [0.5, 0.6) is 0 Å². The Morgan fingerprint density at radius 1 is 1.05 bits per heavy atom. The van der Waals surface area contributed by atoms with E-state index < -0.39 is 46.7 Å². The summed E-state index contributed by atoms with van der Waals surface area (Å²) in [7, 11) is 1.64. The Labute approximate surface area is 129 Å². The van der Waals surface area contributed by atoms with Crippen LogP contribution in [0, 0.1) is 5.41 Å². The van der Waals surface area contributed by atoms with Gasteiger partial charge in [-0.2, -0.15) is 0 Å². The number of carboxylic acid groups (broad SMARTS) is 2. The first-order valence-electron chi connectivity index (χ1n) is 6.98. The van der Waals surface area contributed by atoms with Crippen LogP contribution in [-0.4, -0.2) is 78.8 Å². The molecule has 0 radical (unpaired) electrons. The van der Waals surface area contributed by atoms with E-state index in [9.17, 15) is 35.1 Å². The predicted octanol–water partition coefficient (Wildman–Crippen LogP) is -0.883. The Balaban J connectivity index is 3.67. The fourth-order valence-corrected chi connectivity index (χ4v) is 3.83. The van der Waals surface area contributed by atoms with Crippen molar-refractivity contribution >= 4 is 11.9 Å². The van der Waals surface area contributed by atoms with Crippen molar-refractivity contribution in [1.82, 2.24) is 4.90 Å². The fourth-order valence-electron chi connectivity index (χ4n) is 3.83. The van der Waals surface area contributed by atoms with Gasteiger partial charge in [-0.3, -0.25) is 4.90 Å². The summed E-state index contributed by atoms with van der Waals surface area (Å²) in [5, 5.41) is 49.4. The number of rotatable bonds is 4. The first-order valence-corrected chi connectivity index (χ1v) is 6.98. The van der Waals surface area contributed by atoms with E-state index in [1.807, 2.05) is 13.8 Å². The highest BCUT2D eigenvalue weighted by molar-refractivity contribution is 5.79. The second-order valence-electron chi connectivity index (χ2n) is 7.06. The Hall–Kier alpha value is -1.22. The Bertz CT molecular complexity index is 454. The van der Waals surface area contributed by atoms with Gasteiger partial charge in [0.05, 0.1) is 11.5 Å². The summed E-state index contributed by atoms with van der Waals surface area (Å²) in [6.07, 6.45) is -6.02. The molecule has 0 aromatic rings. The second-order valence-corrected chi connectivity index (χ2v) is 7.06. The molecule has 0 aromatic heterocycles. The van der Waals surface area contributed by atoms with E-state index >= 15 is 0 Å². The van der Waals surface area contributed by atoms with Crippen LogP contribution in [0.25, 0.3) is 0 Å². The van der Waals surface area contributed by atoms with Crippen molar-refractivity contribution in [2.75, 3.05) is 7.05 Å². The third-order valence-electron chi connectivity index (χ3n) is 5.42. The van der Waals surface area contributed by atoms with Crippen molar-refractivity contribution < 1.29 is 35.1 Å². The lowest BCUT2D eigenvalue weighted by atomic mass is 9.54. The summed E-state index contributed by atoms with van der Waals surface area (Å²) in [6, 6.07) is 0. The van der Waals surface area contributed by atoms with E-state index in [0.717, 1.165) is 0 Å². The molecule has 128 valence electrons. The fraction of sp³-hybridized carbons (Fsp3) is 0.857. The zero-order valence-corrected chi connectivity index (χ0v) is 13.4. The number of hydrogen-bond acceptors (Lipinski definition) is 6. The molecule has 3 atom stereocenters. The molecule has 0 bridgehead atoms. The predicted molar refractivity (Wildman–Crippen MR) is 76.3 cm³/mol. The zero-order valence-electron chi connectivity index (χ0n) is 13.4. The number of aliphatic hydroxyl groups is 3. The van der Waals surface area contributed by atoms with Gasteiger partial charge in [-0.1, -0.05) is 0 Å². The quantitative estimate of drug-likeness (QED) is 0.450. The standard InChI is InChI=1S/C14H25NO7/c1-12(2)6-7(16)14(8(17)10(19)20,9(18)11(21)22)13(3,4)15(12)5/h7-9,16-18H,6H2,1-5H3,(H,19,20)(H,21,22). The number of aliphatic hydroxyl groups excluding tert-OH is 3. The van der Waals surface area contributed by atoms with Crippen LogP contribution >= 0.6 is 0 Å². The van der Waals surface area contributed by atoms with Gasteiger partial charge in [-0.25, -0.2) is 9.59 Å². The number of piperidine rings is 1. The molecule has 3 unspecified atom stereocenters. The van der Waals surface area contributed by atoms with Crippen molar-refractivity contribution in [2.24, 2.45) is 5.41 Å². The van der Waals surface area contributed by atoms with E-state index in [-0.39, 0.29) is 6.42 Å². The lowest BCUT2D eigenvalue weighted by Crippen LogP contribution is -2.78.